The third-order valence-corrected chi connectivity index (χ3v) is 6.90. The lowest BCUT2D eigenvalue weighted by atomic mass is 9.81. The van der Waals surface area contributed by atoms with E-state index >= 15 is 0 Å². The average Bonchev–Trinajstić information content (AvgIpc) is 2.64. The van der Waals surface area contributed by atoms with Gasteiger partial charge in [-0.05, 0) is 66.6 Å². The number of piperidine rings is 3. The predicted molar refractivity (Wildman–Crippen MR) is 112 cm³/mol. The highest BCUT2D eigenvalue weighted by Crippen LogP contribution is 2.39. The van der Waals surface area contributed by atoms with Crippen molar-refractivity contribution < 1.29 is 9.59 Å². The van der Waals surface area contributed by atoms with Gasteiger partial charge in [-0.2, -0.15) is 0 Å². The van der Waals surface area contributed by atoms with Gasteiger partial charge in [0.25, 0.3) is 11.8 Å². The number of carbonyl (C=O) groups is 2. The van der Waals surface area contributed by atoms with Crippen LogP contribution in [0.25, 0.3) is 10.8 Å². The molecule has 136 valence electrons. The zero-order valence-electron chi connectivity index (χ0n) is 14.1. The van der Waals surface area contributed by atoms with Gasteiger partial charge >= 0.3 is 0 Å². The van der Waals surface area contributed by atoms with Crippen molar-refractivity contribution in [2.45, 2.75) is 18.9 Å². The number of rotatable bonds is 1. The molecule has 4 aliphatic heterocycles. The highest BCUT2D eigenvalue weighted by Gasteiger charge is 2.45. The molecule has 4 aliphatic rings. The number of nitrogens with two attached hydrogens (primary N) is 1. The van der Waals surface area contributed by atoms with E-state index in [9.17, 15) is 9.59 Å². The summed E-state index contributed by atoms with van der Waals surface area (Å²) in [6.45, 7) is 2.97. The van der Waals surface area contributed by atoms with Gasteiger partial charge < -0.3 is 10.6 Å². The second-order valence-corrected chi connectivity index (χ2v) is 8.40. The molecule has 7 heteroatoms. The van der Waals surface area contributed by atoms with Crippen LogP contribution in [0.5, 0.6) is 0 Å². The number of hydrogen-bond donors (Lipinski definition) is 1. The Morgan fingerprint density at radius 1 is 1.08 bits per heavy atom. The normalized spacial score (nSPS) is 27.0. The number of imide groups is 1. The number of benzene rings is 2. The molecule has 2 aromatic carbocycles. The Bertz CT molecular complexity index is 940. The Labute approximate surface area is 171 Å². The fraction of sp³-hybridized carbons (Fsp3) is 0.368. The Kier molecular flexibility index (Phi) is 4.40. The third-order valence-electron chi connectivity index (χ3n) is 6.00. The molecule has 3 saturated heterocycles. The summed E-state index contributed by atoms with van der Waals surface area (Å²) in [6, 6.07) is 7.40. The Balaban J connectivity index is 0.00000168. The number of nitrogens with zero attached hydrogens (tertiary/aromatic N) is 2. The Morgan fingerprint density at radius 3 is 2.42 bits per heavy atom. The maximum absolute atomic E-state index is 13.3. The van der Waals surface area contributed by atoms with Crippen molar-refractivity contribution in [1.29, 1.82) is 0 Å². The van der Waals surface area contributed by atoms with Crippen molar-refractivity contribution in [3.05, 3.63) is 39.0 Å². The molecule has 0 spiro atoms. The largest absolute Gasteiger partial charge is 0.397 e. The molecular weight excluding hydrogens is 465 g/mol. The fourth-order valence-electron chi connectivity index (χ4n) is 4.70. The van der Waals surface area contributed by atoms with E-state index in [-0.39, 0.29) is 30.3 Å². The molecular formula is C19H19ClIN3O2. The van der Waals surface area contributed by atoms with Gasteiger partial charge in [-0.1, -0.05) is 12.1 Å². The molecule has 0 radical (unpaired) electrons. The van der Waals surface area contributed by atoms with Crippen LogP contribution in [-0.4, -0.2) is 47.3 Å². The maximum atomic E-state index is 13.3. The van der Waals surface area contributed by atoms with E-state index < -0.39 is 0 Å². The van der Waals surface area contributed by atoms with Crippen LogP contribution in [0.3, 0.4) is 0 Å². The van der Waals surface area contributed by atoms with Crippen LogP contribution in [0.4, 0.5) is 5.69 Å². The molecule has 2 amide bonds. The molecule has 0 unspecified atom stereocenters. The molecule has 4 heterocycles. The highest BCUT2D eigenvalue weighted by atomic mass is 127. The van der Waals surface area contributed by atoms with Gasteiger partial charge in [-0.3, -0.25) is 14.5 Å². The standard InChI is InChI=1S/C19H18IN3O2.ClH/c20-14-8-13-16-11(17(14)21)2-1-3-12(16)18(24)23(19(13)25)15-9-22-6-4-10(15)5-7-22;/h1-3,8,10,15H,4-7,9,21H2;1H/t15-;/m0./s1. The van der Waals surface area contributed by atoms with Crippen molar-refractivity contribution in [1.82, 2.24) is 9.80 Å². The number of amides is 2. The summed E-state index contributed by atoms with van der Waals surface area (Å²) in [5, 5.41) is 1.52. The minimum absolute atomic E-state index is 0. The van der Waals surface area contributed by atoms with E-state index in [1.807, 2.05) is 24.3 Å². The fourth-order valence-corrected chi connectivity index (χ4v) is 5.30. The monoisotopic (exact) mass is 483 g/mol. The molecule has 2 bridgehead atoms. The average molecular weight is 484 g/mol. The Morgan fingerprint density at radius 2 is 1.77 bits per heavy atom. The van der Waals surface area contributed by atoms with Crippen LogP contribution < -0.4 is 5.73 Å². The molecule has 6 rings (SSSR count). The van der Waals surface area contributed by atoms with Gasteiger partial charge in [0.05, 0.1) is 11.7 Å². The van der Waals surface area contributed by atoms with E-state index in [1.54, 1.807) is 4.90 Å². The summed E-state index contributed by atoms with van der Waals surface area (Å²) in [7, 11) is 0. The second kappa shape index (κ2) is 6.35. The van der Waals surface area contributed by atoms with Gasteiger partial charge in [-0.25, -0.2) is 0 Å². The van der Waals surface area contributed by atoms with Gasteiger partial charge in [0.2, 0.25) is 0 Å². The number of carbonyl (C=O) groups excluding carboxylic acids is 2. The smallest absolute Gasteiger partial charge is 0.261 e. The van der Waals surface area contributed by atoms with Crippen molar-refractivity contribution >= 4 is 63.3 Å². The van der Waals surface area contributed by atoms with Crippen LogP contribution >= 0.6 is 35.0 Å². The third kappa shape index (κ3) is 2.38. The van der Waals surface area contributed by atoms with E-state index in [0.29, 0.717) is 28.1 Å². The first-order valence-electron chi connectivity index (χ1n) is 8.67. The molecule has 5 nitrogen and oxygen atoms in total. The van der Waals surface area contributed by atoms with Crippen molar-refractivity contribution in [2.75, 3.05) is 25.4 Å². The highest BCUT2D eigenvalue weighted by molar-refractivity contribution is 14.1. The van der Waals surface area contributed by atoms with E-state index in [1.165, 1.54) is 0 Å². The summed E-state index contributed by atoms with van der Waals surface area (Å²) < 4.78 is 0.855. The number of fused-ring (bicyclic) bond motifs is 3. The summed E-state index contributed by atoms with van der Waals surface area (Å²) in [6.07, 6.45) is 2.14. The molecule has 0 aromatic heterocycles. The first kappa shape index (κ1) is 18.0. The van der Waals surface area contributed by atoms with E-state index in [0.717, 1.165) is 41.4 Å². The first-order chi connectivity index (χ1) is 12.1. The molecule has 0 aliphatic carbocycles. The predicted octanol–water partition coefficient (Wildman–Crippen LogP) is 3.14. The van der Waals surface area contributed by atoms with Crippen LogP contribution in [-0.2, 0) is 0 Å². The number of halogens is 2. The first-order valence-corrected chi connectivity index (χ1v) is 9.75. The number of nitrogen functional groups attached to an aromatic ring is 1. The van der Waals surface area contributed by atoms with Crippen LogP contribution in [0.2, 0.25) is 0 Å². The van der Waals surface area contributed by atoms with Crippen LogP contribution in [0.1, 0.15) is 33.6 Å². The number of anilines is 1. The molecule has 3 fully saturated rings. The minimum Gasteiger partial charge on any atom is -0.397 e. The van der Waals surface area contributed by atoms with Gasteiger partial charge in [-0.15, -0.1) is 12.4 Å². The van der Waals surface area contributed by atoms with E-state index in [4.69, 9.17) is 5.73 Å². The topological polar surface area (TPSA) is 66.6 Å². The van der Waals surface area contributed by atoms with Crippen molar-refractivity contribution in [3.8, 4) is 0 Å². The lowest BCUT2D eigenvalue weighted by Gasteiger charge is -2.49. The molecule has 2 N–H and O–H groups in total. The van der Waals surface area contributed by atoms with Crippen LogP contribution in [0, 0.1) is 9.49 Å². The summed E-state index contributed by atoms with van der Waals surface area (Å²) in [4.78, 5) is 30.4. The second-order valence-electron chi connectivity index (χ2n) is 7.23. The molecule has 1 atom stereocenters. The summed E-state index contributed by atoms with van der Waals surface area (Å²) in [5.41, 5.74) is 8.05. The quantitative estimate of drug-likeness (QED) is 0.384. The SMILES string of the molecule is Cl.Nc1c(I)cc2c3c(cccc13)C(=O)N([C@H]1CN3CCC1CC3)C2=O. The number of hydrogen-bond acceptors (Lipinski definition) is 4. The lowest BCUT2D eigenvalue weighted by molar-refractivity contribution is 0.00881. The van der Waals surface area contributed by atoms with E-state index in [2.05, 4.69) is 27.5 Å². The van der Waals surface area contributed by atoms with Gasteiger partial charge in [0, 0.05) is 32.0 Å². The van der Waals surface area contributed by atoms with Crippen molar-refractivity contribution in [3.63, 3.8) is 0 Å². The zero-order chi connectivity index (χ0) is 17.3. The summed E-state index contributed by atoms with van der Waals surface area (Å²) in [5.74, 6) is 0.0966. The molecule has 26 heavy (non-hydrogen) atoms. The van der Waals surface area contributed by atoms with Crippen LogP contribution in [0.15, 0.2) is 24.3 Å². The Hall–Kier alpha value is -1.38. The van der Waals surface area contributed by atoms with Crippen molar-refractivity contribution in [2.24, 2.45) is 5.92 Å². The minimum atomic E-state index is -0.164. The molecule has 0 saturated carbocycles. The maximum Gasteiger partial charge on any atom is 0.261 e. The lowest BCUT2D eigenvalue weighted by Crippen LogP contribution is -2.60. The van der Waals surface area contributed by atoms with Gasteiger partial charge in [0.15, 0.2) is 0 Å². The summed E-state index contributed by atoms with van der Waals surface area (Å²) >= 11 is 2.16. The zero-order valence-corrected chi connectivity index (χ0v) is 17.0. The van der Waals surface area contributed by atoms with Gasteiger partial charge in [0.1, 0.15) is 0 Å². The molecule has 2 aromatic rings.